The zero-order chi connectivity index (χ0) is 20.3. The lowest BCUT2D eigenvalue weighted by Gasteiger charge is -2.20. The smallest absolute Gasteiger partial charge is 0.191 e. The van der Waals surface area contributed by atoms with Crippen LogP contribution >= 0.6 is 35.3 Å². The summed E-state index contributed by atoms with van der Waals surface area (Å²) in [5.41, 5.74) is 0. The van der Waals surface area contributed by atoms with Gasteiger partial charge in [0.15, 0.2) is 11.8 Å². The van der Waals surface area contributed by atoms with E-state index in [1.54, 1.807) is 11.3 Å². The number of hydrogen-bond acceptors (Lipinski definition) is 5. The highest BCUT2D eigenvalue weighted by atomic mass is 127. The van der Waals surface area contributed by atoms with Gasteiger partial charge < -0.3 is 20.1 Å². The summed E-state index contributed by atoms with van der Waals surface area (Å²) in [7, 11) is 1.98. The van der Waals surface area contributed by atoms with E-state index in [0.717, 1.165) is 50.1 Å². The van der Waals surface area contributed by atoms with Crippen molar-refractivity contribution in [1.82, 2.24) is 30.3 Å². The molecule has 9 heteroatoms. The lowest BCUT2D eigenvalue weighted by molar-refractivity contribution is 0.282. The molecule has 2 aromatic heterocycles. The molecule has 2 N–H and O–H groups in total. The van der Waals surface area contributed by atoms with E-state index in [4.69, 9.17) is 4.99 Å². The summed E-state index contributed by atoms with van der Waals surface area (Å²) in [5.74, 6) is 2.65. The molecule has 0 amide bonds. The minimum atomic E-state index is 0. The Kier molecular flexibility index (Phi) is 11.7. The summed E-state index contributed by atoms with van der Waals surface area (Å²) in [6, 6.07) is 4.28. The maximum atomic E-state index is 4.75. The first-order valence-corrected chi connectivity index (χ1v) is 11.7. The molecule has 1 fully saturated rings. The molecule has 1 aliphatic rings. The van der Waals surface area contributed by atoms with Crippen LogP contribution in [0.4, 0.5) is 0 Å². The number of likely N-dealkylation sites (tertiary alicyclic amines) is 1. The number of halogens is 1. The third-order valence-corrected chi connectivity index (χ3v) is 6.38. The number of guanidine groups is 1. The van der Waals surface area contributed by atoms with Crippen LogP contribution in [0.25, 0.3) is 0 Å². The Morgan fingerprint density at radius 1 is 1.13 bits per heavy atom. The van der Waals surface area contributed by atoms with Gasteiger partial charge in [0.25, 0.3) is 0 Å². The molecule has 0 radical (unpaired) electrons. The van der Waals surface area contributed by atoms with Crippen molar-refractivity contribution in [2.75, 3.05) is 32.7 Å². The number of thiophene rings is 1. The van der Waals surface area contributed by atoms with Crippen LogP contribution in [0.3, 0.4) is 0 Å². The van der Waals surface area contributed by atoms with Gasteiger partial charge in [-0.1, -0.05) is 18.9 Å². The summed E-state index contributed by atoms with van der Waals surface area (Å²) < 4.78 is 1.99. The maximum absolute atomic E-state index is 4.75. The molecular formula is C21H36IN7S. The van der Waals surface area contributed by atoms with Gasteiger partial charge in [0, 0.05) is 25.0 Å². The van der Waals surface area contributed by atoms with Crippen molar-refractivity contribution in [1.29, 1.82) is 0 Å². The first-order valence-electron chi connectivity index (χ1n) is 10.8. The molecule has 0 aromatic carbocycles. The van der Waals surface area contributed by atoms with Gasteiger partial charge in [0.1, 0.15) is 12.4 Å². The van der Waals surface area contributed by atoms with Crippen molar-refractivity contribution in [2.45, 2.75) is 52.0 Å². The van der Waals surface area contributed by atoms with Crippen LogP contribution in [0.15, 0.2) is 22.5 Å². The summed E-state index contributed by atoms with van der Waals surface area (Å²) in [4.78, 5) is 8.75. The number of aliphatic imine (C=N–C) groups is 1. The SMILES string of the molecule is Cc1nnc(CN=C(NCCCN2CCCCCC2)NCCc2cccs2)n1C.I. The second kappa shape index (κ2) is 14.0. The summed E-state index contributed by atoms with van der Waals surface area (Å²) >= 11 is 1.80. The van der Waals surface area contributed by atoms with Crippen LogP contribution in [0.1, 0.15) is 48.6 Å². The summed E-state index contributed by atoms with van der Waals surface area (Å²) in [6.07, 6.45) is 7.62. The van der Waals surface area contributed by atoms with E-state index in [1.807, 2.05) is 18.5 Å². The Hall–Kier alpha value is -1.20. The van der Waals surface area contributed by atoms with Gasteiger partial charge in [-0.25, -0.2) is 4.99 Å². The van der Waals surface area contributed by atoms with E-state index in [2.05, 4.69) is 43.2 Å². The highest BCUT2D eigenvalue weighted by Crippen LogP contribution is 2.10. The van der Waals surface area contributed by atoms with Crippen LogP contribution in [0.5, 0.6) is 0 Å². The van der Waals surface area contributed by atoms with E-state index in [9.17, 15) is 0 Å². The molecule has 0 bridgehead atoms. The lowest BCUT2D eigenvalue weighted by atomic mass is 10.2. The second-order valence-electron chi connectivity index (χ2n) is 7.68. The number of nitrogens with zero attached hydrogens (tertiary/aromatic N) is 5. The Bertz CT molecular complexity index is 737. The summed E-state index contributed by atoms with van der Waals surface area (Å²) in [6.45, 7) is 7.96. The topological polar surface area (TPSA) is 70.4 Å². The molecule has 0 atom stereocenters. The van der Waals surface area contributed by atoms with Crippen LogP contribution in [0.2, 0.25) is 0 Å². The Morgan fingerprint density at radius 2 is 1.90 bits per heavy atom. The fourth-order valence-electron chi connectivity index (χ4n) is 3.54. The minimum absolute atomic E-state index is 0. The average Bonchev–Trinajstić information content (AvgIpc) is 3.26. The molecule has 1 saturated heterocycles. The van der Waals surface area contributed by atoms with Crippen LogP contribution in [0, 0.1) is 6.92 Å². The number of aromatic nitrogens is 3. The van der Waals surface area contributed by atoms with E-state index >= 15 is 0 Å². The highest BCUT2D eigenvalue weighted by Gasteiger charge is 2.09. The van der Waals surface area contributed by atoms with E-state index in [-0.39, 0.29) is 24.0 Å². The minimum Gasteiger partial charge on any atom is -0.356 e. The van der Waals surface area contributed by atoms with Gasteiger partial charge in [0.2, 0.25) is 0 Å². The van der Waals surface area contributed by atoms with Crippen molar-refractivity contribution in [3.8, 4) is 0 Å². The quantitative estimate of drug-likeness (QED) is 0.219. The molecule has 0 saturated carbocycles. The summed E-state index contributed by atoms with van der Waals surface area (Å²) in [5, 5.41) is 17.5. The first kappa shape index (κ1) is 25.1. The van der Waals surface area contributed by atoms with Crippen LogP contribution in [-0.4, -0.2) is 58.3 Å². The third-order valence-electron chi connectivity index (χ3n) is 5.45. The number of aryl methyl sites for hydroxylation is 1. The van der Waals surface area contributed by atoms with Crippen LogP contribution < -0.4 is 10.6 Å². The average molecular weight is 546 g/mol. The molecule has 7 nitrogen and oxygen atoms in total. The Labute approximate surface area is 201 Å². The maximum Gasteiger partial charge on any atom is 0.191 e. The zero-order valence-electron chi connectivity index (χ0n) is 18.3. The molecule has 0 aliphatic carbocycles. The molecule has 3 rings (SSSR count). The lowest BCUT2D eigenvalue weighted by Crippen LogP contribution is -2.40. The predicted octanol–water partition coefficient (Wildman–Crippen LogP) is 3.35. The van der Waals surface area contributed by atoms with Crippen molar-refractivity contribution in [3.63, 3.8) is 0 Å². The van der Waals surface area contributed by atoms with Gasteiger partial charge in [-0.3, -0.25) is 0 Å². The molecule has 2 aromatic rings. The monoisotopic (exact) mass is 545 g/mol. The largest absolute Gasteiger partial charge is 0.356 e. The Balaban J connectivity index is 0.00000320. The van der Waals surface area contributed by atoms with Crippen molar-refractivity contribution >= 4 is 41.3 Å². The van der Waals surface area contributed by atoms with Gasteiger partial charge in [0.05, 0.1) is 0 Å². The Morgan fingerprint density at radius 3 is 2.57 bits per heavy atom. The normalized spacial score (nSPS) is 15.5. The predicted molar refractivity (Wildman–Crippen MR) is 136 cm³/mol. The number of nitrogens with one attached hydrogen (secondary N) is 2. The van der Waals surface area contributed by atoms with E-state index in [1.165, 1.54) is 43.6 Å². The van der Waals surface area contributed by atoms with Crippen molar-refractivity contribution < 1.29 is 0 Å². The van der Waals surface area contributed by atoms with Crippen LogP contribution in [-0.2, 0) is 20.0 Å². The standard InChI is InChI=1S/C21H35N7S.HI/c1-18-25-26-20(27(18)2)17-24-21(23-12-10-19-9-7-16-29-19)22-11-8-15-28-13-5-3-4-6-14-28;/h7,9,16H,3-6,8,10-15,17H2,1-2H3,(H2,22,23,24);1H. The molecular weight excluding hydrogens is 509 g/mol. The van der Waals surface area contributed by atoms with Gasteiger partial charge in [-0.2, -0.15) is 0 Å². The van der Waals surface area contributed by atoms with Gasteiger partial charge in [-0.05, 0) is 63.7 Å². The number of hydrogen-bond donors (Lipinski definition) is 2. The van der Waals surface area contributed by atoms with Gasteiger partial charge in [-0.15, -0.1) is 45.5 Å². The number of rotatable bonds is 9. The molecule has 168 valence electrons. The first-order chi connectivity index (χ1) is 14.2. The van der Waals surface area contributed by atoms with Crippen molar-refractivity contribution in [2.24, 2.45) is 12.0 Å². The second-order valence-corrected chi connectivity index (χ2v) is 8.71. The zero-order valence-corrected chi connectivity index (χ0v) is 21.4. The molecule has 3 heterocycles. The molecule has 0 unspecified atom stereocenters. The van der Waals surface area contributed by atoms with Crippen molar-refractivity contribution in [3.05, 3.63) is 34.0 Å². The van der Waals surface area contributed by atoms with Gasteiger partial charge >= 0.3 is 0 Å². The molecule has 30 heavy (non-hydrogen) atoms. The fraction of sp³-hybridized carbons (Fsp3) is 0.667. The molecule has 1 aliphatic heterocycles. The highest BCUT2D eigenvalue weighted by molar-refractivity contribution is 14.0. The van der Waals surface area contributed by atoms with E-state index in [0.29, 0.717) is 6.54 Å². The molecule has 0 spiro atoms. The van der Waals surface area contributed by atoms with E-state index < -0.39 is 0 Å². The third kappa shape index (κ3) is 8.50. The fourth-order valence-corrected chi connectivity index (χ4v) is 4.25.